The lowest BCUT2D eigenvalue weighted by Gasteiger charge is -2.19. The molecule has 1 atom stereocenters. The lowest BCUT2D eigenvalue weighted by atomic mass is 10.3. The summed E-state index contributed by atoms with van der Waals surface area (Å²) < 4.78 is 12.1. The van der Waals surface area contributed by atoms with Crippen LogP contribution in [0.15, 0.2) is 11.0 Å². The number of nitrogens with two attached hydrogens (primary N) is 1. The zero-order chi connectivity index (χ0) is 13.1. The first-order valence-electron chi connectivity index (χ1n) is 6.11. The Hall–Kier alpha value is -0.720. The number of thiophene rings is 1. The molecular formula is C12H18N2O2S2. The van der Waals surface area contributed by atoms with Gasteiger partial charge in [0.1, 0.15) is 4.88 Å². The number of rotatable bonds is 4. The van der Waals surface area contributed by atoms with Crippen LogP contribution in [0.4, 0.5) is 0 Å². The number of fused-ring (bicyclic) bond motifs is 1. The zero-order valence-electron chi connectivity index (χ0n) is 10.5. The molecule has 0 aromatic carbocycles. The first kappa shape index (κ1) is 13.7. The fourth-order valence-electron chi connectivity index (χ4n) is 2.02. The zero-order valence-corrected chi connectivity index (χ0v) is 12.1. The maximum Gasteiger partial charge on any atom is 0.265 e. The second-order valence-corrected chi connectivity index (χ2v) is 7.18. The quantitative estimate of drug-likeness (QED) is 0.850. The molecule has 6 heteroatoms. The number of carbonyl (C=O) groups excluding carboxylic acids is 1. The Morgan fingerprint density at radius 2 is 2.28 bits per heavy atom. The molecule has 1 aliphatic rings. The van der Waals surface area contributed by atoms with Gasteiger partial charge in [-0.05, 0) is 32.4 Å². The number of hydrogen-bond acceptors (Lipinski definition) is 4. The van der Waals surface area contributed by atoms with Crippen LogP contribution in [0.2, 0.25) is 0 Å². The van der Waals surface area contributed by atoms with Crippen molar-refractivity contribution in [2.24, 2.45) is 5.73 Å². The molecule has 0 fully saturated rings. The van der Waals surface area contributed by atoms with Crippen LogP contribution in [0.25, 0.3) is 0 Å². The van der Waals surface area contributed by atoms with E-state index in [1.54, 1.807) is 0 Å². The van der Waals surface area contributed by atoms with Crippen molar-refractivity contribution >= 4 is 28.0 Å². The fourth-order valence-corrected chi connectivity index (χ4v) is 4.58. The van der Waals surface area contributed by atoms with E-state index in [4.69, 9.17) is 5.73 Å². The second-order valence-electron chi connectivity index (χ2n) is 4.39. The van der Waals surface area contributed by atoms with Crippen LogP contribution in [0.3, 0.4) is 0 Å². The van der Waals surface area contributed by atoms with E-state index >= 15 is 0 Å². The van der Waals surface area contributed by atoms with Gasteiger partial charge in [0.15, 0.2) is 0 Å². The minimum absolute atomic E-state index is 0.0333. The Morgan fingerprint density at radius 3 is 3.00 bits per heavy atom. The maximum absolute atomic E-state index is 12.4. The summed E-state index contributed by atoms with van der Waals surface area (Å²) in [5, 5.41) is 0. The third-order valence-corrected chi connectivity index (χ3v) is 5.51. The normalized spacial score (nSPS) is 19.8. The summed E-state index contributed by atoms with van der Waals surface area (Å²) in [5.41, 5.74) is 5.46. The third kappa shape index (κ3) is 2.81. The van der Waals surface area contributed by atoms with Crippen LogP contribution in [-0.2, 0) is 10.8 Å². The van der Waals surface area contributed by atoms with Gasteiger partial charge in [-0.25, -0.2) is 0 Å². The van der Waals surface area contributed by atoms with Crippen LogP contribution in [0.1, 0.15) is 27.4 Å². The average Bonchev–Trinajstić information content (AvgIpc) is 2.70. The molecule has 0 spiro atoms. The number of unbranched alkanes of at least 4 members (excludes halogenated alkanes) is 1. The number of hydrogen-bond donors (Lipinski definition) is 1. The average molecular weight is 286 g/mol. The molecule has 0 saturated carbocycles. The monoisotopic (exact) mass is 286 g/mol. The van der Waals surface area contributed by atoms with Crippen LogP contribution in [0.5, 0.6) is 0 Å². The molecule has 4 nitrogen and oxygen atoms in total. The highest BCUT2D eigenvalue weighted by atomic mass is 32.2. The van der Waals surface area contributed by atoms with Gasteiger partial charge in [-0.2, -0.15) is 0 Å². The number of nitrogens with zero attached hydrogens (tertiary/aromatic N) is 1. The number of amides is 1. The van der Waals surface area contributed by atoms with Crippen molar-refractivity contribution < 1.29 is 9.00 Å². The van der Waals surface area contributed by atoms with E-state index in [1.807, 2.05) is 17.9 Å². The second kappa shape index (κ2) is 5.95. The predicted molar refractivity (Wildman–Crippen MR) is 74.5 cm³/mol. The van der Waals surface area contributed by atoms with Gasteiger partial charge in [0.05, 0.1) is 15.7 Å². The van der Waals surface area contributed by atoms with Crippen molar-refractivity contribution in [3.8, 4) is 0 Å². The highest BCUT2D eigenvalue weighted by Crippen LogP contribution is 2.28. The van der Waals surface area contributed by atoms with E-state index in [0.29, 0.717) is 30.3 Å². The Morgan fingerprint density at radius 1 is 1.50 bits per heavy atom. The van der Waals surface area contributed by atoms with Crippen LogP contribution in [-0.4, -0.2) is 40.4 Å². The van der Waals surface area contributed by atoms with Gasteiger partial charge in [0, 0.05) is 23.7 Å². The molecule has 2 rings (SSSR count). The lowest BCUT2D eigenvalue weighted by Crippen LogP contribution is -2.33. The molecule has 1 aliphatic heterocycles. The molecule has 0 saturated heterocycles. The van der Waals surface area contributed by atoms with Gasteiger partial charge in [0.25, 0.3) is 5.91 Å². The molecule has 1 aromatic rings. The van der Waals surface area contributed by atoms with Crippen molar-refractivity contribution in [2.45, 2.75) is 24.7 Å². The molecule has 18 heavy (non-hydrogen) atoms. The highest BCUT2D eigenvalue weighted by Gasteiger charge is 2.27. The highest BCUT2D eigenvalue weighted by molar-refractivity contribution is 7.85. The van der Waals surface area contributed by atoms with E-state index in [2.05, 4.69) is 0 Å². The van der Waals surface area contributed by atoms with Crippen molar-refractivity contribution in [2.75, 3.05) is 25.4 Å². The fraction of sp³-hybridized carbons (Fsp3) is 0.583. The third-order valence-electron chi connectivity index (χ3n) is 2.98. The van der Waals surface area contributed by atoms with E-state index in [0.717, 1.165) is 22.6 Å². The Balaban J connectivity index is 2.18. The lowest BCUT2D eigenvalue weighted by molar-refractivity contribution is 0.0767. The number of aryl methyl sites for hydroxylation is 1. The van der Waals surface area contributed by atoms with E-state index in [1.165, 1.54) is 11.3 Å². The van der Waals surface area contributed by atoms with Gasteiger partial charge in [-0.15, -0.1) is 11.3 Å². The standard InChI is InChI=1S/C12H18N2O2S2/c1-9-8-10-11(17-9)12(15)14(5-3-2-4-13)6-7-18(10)16/h8H,2-7,13H2,1H3. The summed E-state index contributed by atoms with van der Waals surface area (Å²) in [6.07, 6.45) is 1.83. The minimum Gasteiger partial charge on any atom is -0.337 e. The first-order valence-corrected chi connectivity index (χ1v) is 8.25. The SMILES string of the molecule is Cc1cc2c(s1)C(=O)N(CCCCN)CCS2=O. The van der Waals surface area contributed by atoms with Gasteiger partial charge in [0.2, 0.25) is 0 Å². The summed E-state index contributed by atoms with van der Waals surface area (Å²) in [6, 6.07) is 1.89. The molecule has 1 amide bonds. The predicted octanol–water partition coefficient (Wildman–Crippen LogP) is 1.36. The number of carbonyl (C=O) groups is 1. The van der Waals surface area contributed by atoms with E-state index in [-0.39, 0.29) is 5.91 Å². The van der Waals surface area contributed by atoms with Crippen LogP contribution in [0, 0.1) is 6.92 Å². The van der Waals surface area contributed by atoms with Gasteiger partial charge in [-0.3, -0.25) is 9.00 Å². The van der Waals surface area contributed by atoms with Crippen molar-refractivity contribution in [1.82, 2.24) is 4.90 Å². The molecule has 100 valence electrons. The van der Waals surface area contributed by atoms with Gasteiger partial charge >= 0.3 is 0 Å². The summed E-state index contributed by atoms with van der Waals surface area (Å²) in [5.74, 6) is 0.573. The van der Waals surface area contributed by atoms with Crippen molar-refractivity contribution in [3.63, 3.8) is 0 Å². The topological polar surface area (TPSA) is 63.4 Å². The molecule has 0 bridgehead atoms. The van der Waals surface area contributed by atoms with Crippen LogP contribution < -0.4 is 5.73 Å². The Kier molecular flexibility index (Phi) is 4.53. The van der Waals surface area contributed by atoms with E-state index in [9.17, 15) is 9.00 Å². The molecule has 0 aliphatic carbocycles. The van der Waals surface area contributed by atoms with Crippen LogP contribution >= 0.6 is 11.3 Å². The molecule has 1 unspecified atom stereocenters. The molecule has 2 heterocycles. The molecular weight excluding hydrogens is 268 g/mol. The summed E-state index contributed by atoms with van der Waals surface area (Å²) in [4.78, 5) is 16.6. The molecule has 1 aromatic heterocycles. The Labute approximate surface area is 114 Å². The van der Waals surface area contributed by atoms with Gasteiger partial charge < -0.3 is 10.6 Å². The maximum atomic E-state index is 12.4. The molecule has 2 N–H and O–H groups in total. The summed E-state index contributed by atoms with van der Waals surface area (Å²) >= 11 is 1.45. The van der Waals surface area contributed by atoms with Gasteiger partial charge in [-0.1, -0.05) is 0 Å². The Bertz CT molecular complexity index is 471. The summed E-state index contributed by atoms with van der Waals surface area (Å²) in [6.45, 7) is 3.89. The minimum atomic E-state index is -1.04. The van der Waals surface area contributed by atoms with Crippen molar-refractivity contribution in [1.29, 1.82) is 0 Å². The largest absolute Gasteiger partial charge is 0.337 e. The molecule has 0 radical (unpaired) electrons. The summed E-state index contributed by atoms with van der Waals surface area (Å²) in [7, 11) is -1.04. The van der Waals surface area contributed by atoms with E-state index < -0.39 is 10.8 Å². The first-order chi connectivity index (χ1) is 8.63. The smallest absolute Gasteiger partial charge is 0.265 e. The van der Waals surface area contributed by atoms with Crippen molar-refractivity contribution in [3.05, 3.63) is 15.8 Å².